The van der Waals surface area contributed by atoms with Crippen LogP contribution in [-0.4, -0.2) is 9.13 Å². The lowest BCUT2D eigenvalue weighted by Crippen LogP contribution is -1.94. The van der Waals surface area contributed by atoms with Crippen molar-refractivity contribution in [2.45, 2.75) is 0 Å². The second kappa shape index (κ2) is 14.1. The number of hydrogen-bond donors (Lipinski definition) is 0. The van der Waals surface area contributed by atoms with E-state index in [0.29, 0.717) is 0 Å². The van der Waals surface area contributed by atoms with Gasteiger partial charge in [-0.1, -0.05) is 164 Å². The lowest BCUT2D eigenvalue weighted by atomic mass is 9.98. The highest BCUT2D eigenvalue weighted by molar-refractivity contribution is 6.21. The van der Waals surface area contributed by atoms with E-state index in [1.807, 2.05) is 6.07 Å². The number of nitrogens with zero attached hydrogens (tertiary/aromatic N) is 2. The maximum atomic E-state index is 6.57. The summed E-state index contributed by atoms with van der Waals surface area (Å²) in [6, 6.07) is 83.3. The summed E-state index contributed by atoms with van der Waals surface area (Å²) >= 11 is 0. The normalized spacial score (nSPS) is 11.8. The largest absolute Gasteiger partial charge is 0.454 e. The van der Waals surface area contributed by atoms with Gasteiger partial charge in [-0.2, -0.15) is 0 Å². The molecule has 0 aliphatic rings. The molecule has 0 bridgehead atoms. The smallest absolute Gasteiger partial charge is 0.160 e. The zero-order chi connectivity index (χ0) is 41.4. The molecule has 0 N–H and O–H groups in total. The van der Waals surface area contributed by atoms with Crippen LogP contribution in [0, 0.1) is 0 Å². The van der Waals surface area contributed by atoms with Gasteiger partial charge in [-0.05, 0) is 111 Å². The third-order valence-electron chi connectivity index (χ3n) is 13.0. The summed E-state index contributed by atoms with van der Waals surface area (Å²) in [4.78, 5) is 0. The first-order valence-corrected chi connectivity index (χ1v) is 21.6. The zero-order valence-corrected chi connectivity index (χ0v) is 34.2. The molecule has 0 saturated carbocycles. The number of fused-ring (bicyclic) bond motifs is 10. The first-order valence-electron chi connectivity index (χ1n) is 21.6. The molecule has 10 aromatic carbocycles. The molecule has 3 nitrogen and oxygen atoms in total. The van der Waals surface area contributed by atoms with Crippen LogP contribution in [0.4, 0.5) is 0 Å². The Balaban J connectivity index is 0.806. The summed E-state index contributed by atoms with van der Waals surface area (Å²) < 4.78 is 11.3. The highest BCUT2D eigenvalue weighted by Crippen LogP contribution is 2.41. The van der Waals surface area contributed by atoms with Gasteiger partial charge >= 0.3 is 0 Å². The second-order valence-corrected chi connectivity index (χ2v) is 16.5. The van der Waals surface area contributed by atoms with Crippen LogP contribution in [0.15, 0.2) is 235 Å². The van der Waals surface area contributed by atoms with Crippen molar-refractivity contribution in [3.63, 3.8) is 0 Å². The highest BCUT2D eigenvalue weighted by atomic mass is 16.3. The predicted molar refractivity (Wildman–Crippen MR) is 264 cm³/mol. The molecule has 63 heavy (non-hydrogen) atoms. The van der Waals surface area contributed by atoms with Crippen molar-refractivity contribution < 1.29 is 4.42 Å². The van der Waals surface area contributed by atoms with Crippen LogP contribution in [0.25, 0.3) is 121 Å². The first kappa shape index (κ1) is 35.4. The number of para-hydroxylation sites is 3. The molecule has 3 heterocycles. The zero-order valence-electron chi connectivity index (χ0n) is 34.2. The fourth-order valence-electron chi connectivity index (χ4n) is 9.90. The van der Waals surface area contributed by atoms with E-state index in [1.165, 1.54) is 77.1 Å². The van der Waals surface area contributed by atoms with E-state index in [4.69, 9.17) is 4.42 Å². The van der Waals surface area contributed by atoms with Crippen LogP contribution in [0.2, 0.25) is 0 Å². The third-order valence-corrected chi connectivity index (χ3v) is 13.0. The summed E-state index contributed by atoms with van der Waals surface area (Å²) in [5.41, 5.74) is 18.3. The molecular formula is C60H38N2O. The van der Waals surface area contributed by atoms with Crippen molar-refractivity contribution in [3.05, 3.63) is 231 Å². The number of hydrogen-bond acceptors (Lipinski definition) is 1. The van der Waals surface area contributed by atoms with Crippen LogP contribution in [0.5, 0.6) is 0 Å². The molecule has 294 valence electrons. The fourth-order valence-corrected chi connectivity index (χ4v) is 9.90. The van der Waals surface area contributed by atoms with Gasteiger partial charge in [0.15, 0.2) is 5.58 Å². The van der Waals surface area contributed by atoms with Crippen molar-refractivity contribution in [1.29, 1.82) is 0 Å². The van der Waals surface area contributed by atoms with Gasteiger partial charge in [0, 0.05) is 43.7 Å². The molecule has 0 unspecified atom stereocenters. The third kappa shape index (κ3) is 5.67. The molecule has 3 aromatic heterocycles. The minimum Gasteiger partial charge on any atom is -0.454 e. The Hall–Kier alpha value is -8.40. The molecule has 0 radical (unpaired) electrons. The van der Waals surface area contributed by atoms with Crippen molar-refractivity contribution in [1.82, 2.24) is 9.13 Å². The highest BCUT2D eigenvalue weighted by Gasteiger charge is 2.19. The molecule has 3 heteroatoms. The van der Waals surface area contributed by atoms with Crippen LogP contribution >= 0.6 is 0 Å². The van der Waals surface area contributed by atoms with Gasteiger partial charge in [-0.25, -0.2) is 0 Å². The first-order chi connectivity index (χ1) is 31.2. The Kier molecular flexibility index (Phi) is 7.91. The van der Waals surface area contributed by atoms with Crippen LogP contribution < -0.4 is 0 Å². The summed E-state index contributed by atoms with van der Waals surface area (Å²) in [5.74, 6) is 0. The second-order valence-electron chi connectivity index (χ2n) is 16.5. The van der Waals surface area contributed by atoms with E-state index in [9.17, 15) is 0 Å². The predicted octanol–water partition coefficient (Wildman–Crippen LogP) is 16.4. The SMILES string of the molecule is c1ccc(-c2cccc(-c3ccc4c(c3)c3ccccc3n4-c3ccc(-c4ccc(-c5ccc(-n6c7ccccc7c7ccc8c9ccccc9oc8c76)cc5)cc4)cc3)c2)cc1. The summed E-state index contributed by atoms with van der Waals surface area (Å²) in [5, 5.41) is 7.18. The molecule has 0 atom stereocenters. The number of benzene rings is 10. The van der Waals surface area contributed by atoms with E-state index in [0.717, 1.165) is 44.3 Å². The average Bonchev–Trinajstić information content (AvgIpc) is 4.02. The van der Waals surface area contributed by atoms with E-state index in [2.05, 4.69) is 234 Å². The van der Waals surface area contributed by atoms with Crippen LogP contribution in [-0.2, 0) is 0 Å². The van der Waals surface area contributed by atoms with E-state index in [-0.39, 0.29) is 0 Å². The number of rotatable bonds is 6. The Bertz CT molecular complexity index is 3870. The van der Waals surface area contributed by atoms with E-state index >= 15 is 0 Å². The molecule has 0 saturated heterocycles. The lowest BCUT2D eigenvalue weighted by Gasteiger charge is -2.11. The minimum atomic E-state index is 0.908. The summed E-state index contributed by atoms with van der Waals surface area (Å²) in [6.07, 6.45) is 0. The molecule has 13 aromatic rings. The minimum absolute atomic E-state index is 0.908. The maximum absolute atomic E-state index is 6.57. The topological polar surface area (TPSA) is 23.0 Å². The van der Waals surface area contributed by atoms with E-state index < -0.39 is 0 Å². The van der Waals surface area contributed by atoms with Gasteiger partial charge in [-0.3, -0.25) is 0 Å². The van der Waals surface area contributed by atoms with Crippen molar-refractivity contribution in [2.75, 3.05) is 0 Å². The van der Waals surface area contributed by atoms with Crippen LogP contribution in [0.3, 0.4) is 0 Å². The maximum Gasteiger partial charge on any atom is 0.160 e. The number of furan rings is 1. The Morgan fingerprint density at radius 1 is 0.254 bits per heavy atom. The Labute approximate surface area is 363 Å². The monoisotopic (exact) mass is 802 g/mol. The van der Waals surface area contributed by atoms with E-state index in [1.54, 1.807) is 0 Å². The lowest BCUT2D eigenvalue weighted by molar-refractivity contribution is 0.671. The quantitative estimate of drug-likeness (QED) is 0.164. The Morgan fingerprint density at radius 2 is 0.698 bits per heavy atom. The standard InChI is InChI=1S/C60H38N2O/c1-2-11-39(12-3-1)44-13-10-14-45(37-44)46-29-36-57-54(38-46)50-16-5-7-18-55(50)61(57)47-30-25-42(26-31-47)40-21-23-41(24-22-40)43-27-32-48(33-28-43)62-56-19-8-4-15-49(56)52-34-35-53-51-17-6-9-20-58(51)63-60(53)59(52)62/h1-38H. The summed E-state index contributed by atoms with van der Waals surface area (Å²) in [6.45, 7) is 0. The fraction of sp³-hybridized carbons (Fsp3) is 0. The molecule has 13 rings (SSSR count). The van der Waals surface area contributed by atoms with Crippen molar-refractivity contribution in [2.24, 2.45) is 0 Å². The van der Waals surface area contributed by atoms with Gasteiger partial charge in [0.1, 0.15) is 5.58 Å². The number of aromatic nitrogens is 2. The van der Waals surface area contributed by atoms with Gasteiger partial charge in [0.05, 0.1) is 22.1 Å². The summed E-state index contributed by atoms with van der Waals surface area (Å²) in [7, 11) is 0. The van der Waals surface area contributed by atoms with Crippen molar-refractivity contribution >= 4 is 65.6 Å². The van der Waals surface area contributed by atoms with Crippen LogP contribution in [0.1, 0.15) is 0 Å². The molecule has 0 aliphatic carbocycles. The molecule has 0 aliphatic heterocycles. The molecule has 0 fully saturated rings. The average molecular weight is 803 g/mol. The van der Waals surface area contributed by atoms with Gasteiger partial charge in [-0.15, -0.1) is 0 Å². The molecule has 0 amide bonds. The Morgan fingerprint density at radius 3 is 1.38 bits per heavy atom. The van der Waals surface area contributed by atoms with Gasteiger partial charge in [0.25, 0.3) is 0 Å². The van der Waals surface area contributed by atoms with Gasteiger partial charge < -0.3 is 13.6 Å². The molecular weight excluding hydrogens is 765 g/mol. The van der Waals surface area contributed by atoms with Gasteiger partial charge in [0.2, 0.25) is 0 Å². The molecule has 0 spiro atoms. The van der Waals surface area contributed by atoms with Crippen molar-refractivity contribution in [3.8, 4) is 55.9 Å².